The standard InChI is InChI=1S/C21H28N2/c1-18-12-15-23(16-13-18)17-20-7-9-21(10-8-20)22-14-11-19-5-3-2-4-6-19/h2-10,18,22H,11-17H2,1H3. The number of nitrogens with zero attached hydrogens (tertiary/aromatic N) is 1. The van der Waals surface area contributed by atoms with Crippen LogP contribution >= 0.6 is 0 Å². The molecule has 1 aliphatic rings. The fourth-order valence-corrected chi connectivity index (χ4v) is 3.20. The molecule has 2 heteroatoms. The van der Waals surface area contributed by atoms with Gasteiger partial charge in [-0.25, -0.2) is 0 Å². The van der Waals surface area contributed by atoms with Crippen LogP contribution in [0.5, 0.6) is 0 Å². The van der Waals surface area contributed by atoms with Crippen molar-refractivity contribution in [3.8, 4) is 0 Å². The van der Waals surface area contributed by atoms with Crippen LogP contribution < -0.4 is 5.32 Å². The van der Waals surface area contributed by atoms with Crippen LogP contribution in [0.2, 0.25) is 0 Å². The molecule has 23 heavy (non-hydrogen) atoms. The lowest BCUT2D eigenvalue weighted by Gasteiger charge is -2.30. The molecule has 0 unspecified atom stereocenters. The van der Waals surface area contributed by atoms with Crippen molar-refractivity contribution >= 4 is 5.69 Å². The summed E-state index contributed by atoms with van der Waals surface area (Å²) in [6, 6.07) is 19.6. The van der Waals surface area contributed by atoms with E-state index in [4.69, 9.17) is 0 Å². The van der Waals surface area contributed by atoms with Crippen molar-refractivity contribution in [2.45, 2.75) is 32.7 Å². The Kier molecular flexibility index (Phi) is 5.71. The van der Waals surface area contributed by atoms with Crippen LogP contribution in [0.3, 0.4) is 0 Å². The molecule has 0 aliphatic carbocycles. The molecule has 2 aromatic rings. The number of likely N-dealkylation sites (tertiary alicyclic amines) is 1. The lowest BCUT2D eigenvalue weighted by molar-refractivity contribution is 0.185. The summed E-state index contributed by atoms with van der Waals surface area (Å²) in [5, 5.41) is 3.52. The molecular weight excluding hydrogens is 280 g/mol. The minimum absolute atomic E-state index is 0.905. The van der Waals surface area contributed by atoms with E-state index in [9.17, 15) is 0 Å². The smallest absolute Gasteiger partial charge is 0.0340 e. The van der Waals surface area contributed by atoms with Gasteiger partial charge < -0.3 is 5.32 Å². The molecule has 0 amide bonds. The predicted octanol–water partition coefficient (Wildman–Crippen LogP) is 4.57. The summed E-state index contributed by atoms with van der Waals surface area (Å²) in [6.07, 6.45) is 3.76. The first kappa shape index (κ1) is 16.1. The Morgan fingerprint density at radius 3 is 2.30 bits per heavy atom. The summed E-state index contributed by atoms with van der Waals surface area (Å²) in [5.41, 5.74) is 4.03. The second-order valence-corrected chi connectivity index (χ2v) is 6.82. The molecule has 122 valence electrons. The molecule has 1 heterocycles. The highest BCUT2D eigenvalue weighted by molar-refractivity contribution is 5.44. The van der Waals surface area contributed by atoms with Gasteiger partial charge in [-0.15, -0.1) is 0 Å². The van der Waals surface area contributed by atoms with Crippen molar-refractivity contribution in [3.63, 3.8) is 0 Å². The molecule has 0 spiro atoms. The third-order valence-corrected chi connectivity index (χ3v) is 4.82. The molecule has 1 N–H and O–H groups in total. The third-order valence-electron chi connectivity index (χ3n) is 4.82. The van der Waals surface area contributed by atoms with E-state index in [2.05, 4.69) is 71.7 Å². The second kappa shape index (κ2) is 8.16. The highest BCUT2D eigenvalue weighted by atomic mass is 15.1. The van der Waals surface area contributed by atoms with Gasteiger partial charge in [0.1, 0.15) is 0 Å². The van der Waals surface area contributed by atoms with Gasteiger partial charge in [0.25, 0.3) is 0 Å². The highest BCUT2D eigenvalue weighted by Crippen LogP contribution is 2.19. The number of hydrogen-bond donors (Lipinski definition) is 1. The highest BCUT2D eigenvalue weighted by Gasteiger charge is 2.15. The minimum atomic E-state index is 0.905. The summed E-state index contributed by atoms with van der Waals surface area (Å²) in [5.74, 6) is 0.905. The van der Waals surface area contributed by atoms with Crippen LogP contribution in [0.4, 0.5) is 5.69 Å². The van der Waals surface area contributed by atoms with Gasteiger partial charge in [-0.1, -0.05) is 49.4 Å². The average molecular weight is 308 g/mol. The Bertz CT molecular complexity index is 569. The quantitative estimate of drug-likeness (QED) is 0.840. The Balaban J connectivity index is 1.43. The minimum Gasteiger partial charge on any atom is -0.385 e. The number of nitrogens with one attached hydrogen (secondary N) is 1. The van der Waals surface area contributed by atoms with Crippen molar-refractivity contribution in [2.24, 2.45) is 5.92 Å². The summed E-state index contributed by atoms with van der Waals surface area (Å²) < 4.78 is 0. The Labute approximate surface area is 140 Å². The zero-order chi connectivity index (χ0) is 15.9. The Morgan fingerprint density at radius 1 is 0.913 bits per heavy atom. The number of benzene rings is 2. The van der Waals surface area contributed by atoms with E-state index in [0.29, 0.717) is 0 Å². The molecule has 2 aromatic carbocycles. The van der Waals surface area contributed by atoms with Crippen LogP contribution in [0.15, 0.2) is 54.6 Å². The average Bonchev–Trinajstić information content (AvgIpc) is 2.59. The lowest BCUT2D eigenvalue weighted by atomic mass is 9.99. The molecule has 3 rings (SSSR count). The monoisotopic (exact) mass is 308 g/mol. The molecule has 2 nitrogen and oxygen atoms in total. The molecule has 0 aromatic heterocycles. The molecule has 0 bridgehead atoms. The Morgan fingerprint density at radius 2 is 1.61 bits per heavy atom. The van der Waals surface area contributed by atoms with Crippen molar-refractivity contribution in [1.29, 1.82) is 0 Å². The van der Waals surface area contributed by atoms with Crippen LogP contribution in [0, 0.1) is 5.92 Å². The van der Waals surface area contributed by atoms with E-state index in [0.717, 1.165) is 25.4 Å². The van der Waals surface area contributed by atoms with E-state index < -0.39 is 0 Å². The first-order valence-electron chi connectivity index (χ1n) is 8.89. The second-order valence-electron chi connectivity index (χ2n) is 6.82. The first-order chi connectivity index (χ1) is 11.3. The van der Waals surface area contributed by atoms with Gasteiger partial charge in [-0.2, -0.15) is 0 Å². The van der Waals surface area contributed by atoms with Gasteiger partial charge in [-0.05, 0) is 61.5 Å². The maximum Gasteiger partial charge on any atom is 0.0340 e. The molecule has 0 atom stereocenters. The topological polar surface area (TPSA) is 15.3 Å². The fourth-order valence-electron chi connectivity index (χ4n) is 3.20. The van der Waals surface area contributed by atoms with Crippen LogP contribution in [0.1, 0.15) is 30.9 Å². The maximum atomic E-state index is 3.52. The predicted molar refractivity (Wildman–Crippen MR) is 98.8 cm³/mol. The molecule has 0 radical (unpaired) electrons. The molecule has 1 saturated heterocycles. The normalized spacial score (nSPS) is 16.4. The van der Waals surface area contributed by atoms with Crippen LogP contribution in [-0.4, -0.2) is 24.5 Å². The SMILES string of the molecule is CC1CCN(Cc2ccc(NCCc3ccccc3)cc2)CC1. The van der Waals surface area contributed by atoms with Gasteiger partial charge in [0.2, 0.25) is 0 Å². The maximum absolute atomic E-state index is 3.52. The largest absolute Gasteiger partial charge is 0.385 e. The fraction of sp³-hybridized carbons (Fsp3) is 0.429. The van der Waals surface area contributed by atoms with E-state index in [-0.39, 0.29) is 0 Å². The Hall–Kier alpha value is -1.80. The van der Waals surface area contributed by atoms with Crippen molar-refractivity contribution in [3.05, 3.63) is 65.7 Å². The van der Waals surface area contributed by atoms with E-state index >= 15 is 0 Å². The van der Waals surface area contributed by atoms with Crippen molar-refractivity contribution < 1.29 is 0 Å². The molecular formula is C21H28N2. The van der Waals surface area contributed by atoms with Gasteiger partial charge in [0, 0.05) is 18.8 Å². The summed E-state index contributed by atoms with van der Waals surface area (Å²) >= 11 is 0. The van der Waals surface area contributed by atoms with E-state index in [1.54, 1.807) is 0 Å². The van der Waals surface area contributed by atoms with Crippen LogP contribution in [0.25, 0.3) is 0 Å². The van der Waals surface area contributed by atoms with Crippen LogP contribution in [-0.2, 0) is 13.0 Å². The molecule has 1 fully saturated rings. The molecule has 1 aliphatic heterocycles. The van der Waals surface area contributed by atoms with Gasteiger partial charge in [0.05, 0.1) is 0 Å². The summed E-state index contributed by atoms with van der Waals surface area (Å²) in [4.78, 5) is 2.58. The van der Waals surface area contributed by atoms with Crippen molar-refractivity contribution in [1.82, 2.24) is 4.90 Å². The number of hydrogen-bond acceptors (Lipinski definition) is 2. The lowest BCUT2D eigenvalue weighted by Crippen LogP contribution is -2.32. The van der Waals surface area contributed by atoms with Gasteiger partial charge >= 0.3 is 0 Å². The third kappa shape index (κ3) is 5.11. The van der Waals surface area contributed by atoms with Crippen molar-refractivity contribution in [2.75, 3.05) is 25.0 Å². The zero-order valence-corrected chi connectivity index (χ0v) is 14.2. The van der Waals surface area contributed by atoms with E-state index in [1.165, 1.54) is 42.7 Å². The summed E-state index contributed by atoms with van der Waals surface area (Å²) in [7, 11) is 0. The zero-order valence-electron chi connectivity index (χ0n) is 14.2. The summed E-state index contributed by atoms with van der Waals surface area (Å²) in [6.45, 7) is 6.94. The van der Waals surface area contributed by atoms with Gasteiger partial charge in [-0.3, -0.25) is 4.90 Å². The first-order valence-corrected chi connectivity index (χ1v) is 8.89. The van der Waals surface area contributed by atoms with E-state index in [1.807, 2.05) is 0 Å². The number of rotatable bonds is 6. The number of piperidine rings is 1. The van der Waals surface area contributed by atoms with Gasteiger partial charge in [0.15, 0.2) is 0 Å². The molecule has 0 saturated carbocycles. The number of anilines is 1.